The summed E-state index contributed by atoms with van der Waals surface area (Å²) in [6.07, 6.45) is 1.09. The van der Waals surface area contributed by atoms with Gasteiger partial charge in [-0.3, -0.25) is 0 Å². The lowest BCUT2D eigenvalue weighted by Crippen LogP contribution is -2.19. The molecule has 1 unspecified atom stereocenters. The highest BCUT2D eigenvalue weighted by molar-refractivity contribution is 7.80. The molecule has 0 saturated heterocycles. The van der Waals surface area contributed by atoms with Crippen molar-refractivity contribution in [3.05, 3.63) is 0 Å². The minimum absolute atomic E-state index is 0.176. The Bertz CT molecular complexity index is 137. The third-order valence-corrected chi connectivity index (χ3v) is 1.15. The molecule has 5 heteroatoms. The van der Waals surface area contributed by atoms with Gasteiger partial charge in [0.15, 0.2) is 12.4 Å². The summed E-state index contributed by atoms with van der Waals surface area (Å²) in [5.41, 5.74) is 0. The molecule has 0 amide bonds. The van der Waals surface area contributed by atoms with Gasteiger partial charge < -0.3 is 9.84 Å². The van der Waals surface area contributed by atoms with Gasteiger partial charge in [0.1, 0.15) is 0 Å². The second-order valence-corrected chi connectivity index (χ2v) is 1.89. The van der Waals surface area contributed by atoms with E-state index in [4.69, 9.17) is 5.11 Å². The Hall–Kier alpha value is -0.710. The average molecular weight is 163 g/mol. The van der Waals surface area contributed by atoms with E-state index in [-0.39, 0.29) is 5.75 Å². The molecule has 0 aromatic rings. The lowest BCUT2D eigenvalue weighted by molar-refractivity contribution is -0.137. The third kappa shape index (κ3) is 3.34. The predicted octanol–water partition coefficient (Wildman–Crippen LogP) is 0.0441. The van der Waals surface area contributed by atoms with Crippen LogP contribution in [0.3, 0.4) is 0 Å². The fourth-order valence-corrected chi connectivity index (χ4v) is 0.574. The first-order chi connectivity index (χ1) is 4.72. The van der Waals surface area contributed by atoms with E-state index in [0.717, 1.165) is 6.40 Å². The number of carboxylic acid groups (broad SMARTS) is 1. The number of hydrogen-bond acceptors (Lipinski definition) is 4. The molecule has 4 nitrogen and oxygen atoms in total. The van der Waals surface area contributed by atoms with Crippen molar-refractivity contribution in [3.63, 3.8) is 0 Å². The van der Waals surface area contributed by atoms with Crippen molar-refractivity contribution < 1.29 is 14.6 Å². The standard InChI is InChI=1S/C5H9NO3S/c1-9-3-6-4(2-10)5(7)8/h3-4,10H,2H2,1H3,(H,7,8)/b6-3-. The van der Waals surface area contributed by atoms with Crippen molar-refractivity contribution >= 4 is 25.0 Å². The van der Waals surface area contributed by atoms with Gasteiger partial charge in [-0.05, 0) is 0 Å². The summed E-state index contributed by atoms with van der Waals surface area (Å²) in [6, 6.07) is -0.803. The molecule has 0 rings (SSSR count). The molecule has 0 aromatic carbocycles. The Morgan fingerprint density at radius 3 is 2.90 bits per heavy atom. The number of carbonyl (C=O) groups is 1. The molecule has 0 bridgehead atoms. The summed E-state index contributed by atoms with van der Waals surface area (Å²) >= 11 is 3.78. The van der Waals surface area contributed by atoms with Crippen LogP contribution in [0, 0.1) is 0 Å². The summed E-state index contributed by atoms with van der Waals surface area (Å²) in [4.78, 5) is 13.8. The van der Waals surface area contributed by atoms with Gasteiger partial charge in [-0.2, -0.15) is 12.6 Å². The van der Waals surface area contributed by atoms with Crippen molar-refractivity contribution in [3.8, 4) is 0 Å². The Morgan fingerprint density at radius 1 is 2.00 bits per heavy atom. The van der Waals surface area contributed by atoms with Gasteiger partial charge in [0, 0.05) is 5.75 Å². The zero-order valence-electron chi connectivity index (χ0n) is 5.52. The lowest BCUT2D eigenvalue weighted by atomic mass is 10.4. The van der Waals surface area contributed by atoms with Crippen LogP contribution in [-0.4, -0.2) is 36.4 Å². The van der Waals surface area contributed by atoms with Crippen molar-refractivity contribution in [1.29, 1.82) is 0 Å². The van der Waals surface area contributed by atoms with Crippen LogP contribution in [0.2, 0.25) is 0 Å². The zero-order chi connectivity index (χ0) is 7.98. The van der Waals surface area contributed by atoms with Crippen molar-refractivity contribution in [2.75, 3.05) is 12.9 Å². The van der Waals surface area contributed by atoms with Crippen LogP contribution < -0.4 is 0 Å². The molecule has 0 saturated carbocycles. The maximum atomic E-state index is 10.2. The molecule has 58 valence electrons. The molecule has 0 aromatic heterocycles. The van der Waals surface area contributed by atoms with Crippen LogP contribution >= 0.6 is 12.6 Å². The van der Waals surface area contributed by atoms with Crippen molar-refractivity contribution in [2.24, 2.45) is 4.99 Å². The molecular formula is C5H9NO3S. The minimum Gasteiger partial charge on any atom is -0.487 e. The maximum Gasteiger partial charge on any atom is 0.329 e. The predicted molar refractivity (Wildman–Crippen MR) is 40.8 cm³/mol. The van der Waals surface area contributed by atoms with Gasteiger partial charge in [-0.25, -0.2) is 9.79 Å². The quantitative estimate of drug-likeness (QED) is 0.349. The molecular weight excluding hydrogens is 154 g/mol. The van der Waals surface area contributed by atoms with Gasteiger partial charge in [0.25, 0.3) is 0 Å². The molecule has 0 heterocycles. The van der Waals surface area contributed by atoms with Gasteiger partial charge in [-0.15, -0.1) is 0 Å². The highest BCUT2D eigenvalue weighted by Crippen LogP contribution is 1.92. The zero-order valence-corrected chi connectivity index (χ0v) is 6.41. The first-order valence-corrected chi connectivity index (χ1v) is 3.23. The Kier molecular flexibility index (Phi) is 4.74. The molecule has 0 spiro atoms. The lowest BCUT2D eigenvalue weighted by Gasteiger charge is -1.99. The van der Waals surface area contributed by atoms with Crippen LogP contribution in [0.25, 0.3) is 0 Å². The second-order valence-electron chi connectivity index (χ2n) is 1.53. The number of thiol groups is 1. The summed E-state index contributed by atoms with van der Waals surface area (Å²) in [5.74, 6) is -0.821. The molecule has 0 aliphatic rings. The highest BCUT2D eigenvalue weighted by Gasteiger charge is 2.11. The van der Waals surface area contributed by atoms with E-state index in [1.807, 2.05) is 0 Å². The van der Waals surface area contributed by atoms with E-state index < -0.39 is 12.0 Å². The average Bonchev–Trinajstić information content (AvgIpc) is 1.89. The number of rotatable bonds is 4. The Labute approximate surface area is 64.3 Å². The maximum absolute atomic E-state index is 10.2. The molecule has 0 aliphatic heterocycles. The Morgan fingerprint density at radius 2 is 2.60 bits per heavy atom. The number of hydrogen-bond donors (Lipinski definition) is 2. The summed E-state index contributed by atoms with van der Waals surface area (Å²) in [6.45, 7) is 0. The number of carboxylic acids is 1. The monoisotopic (exact) mass is 163 g/mol. The van der Waals surface area contributed by atoms with Crippen molar-refractivity contribution in [1.82, 2.24) is 0 Å². The molecule has 1 atom stereocenters. The highest BCUT2D eigenvalue weighted by atomic mass is 32.1. The van der Waals surface area contributed by atoms with Gasteiger partial charge in [0.2, 0.25) is 0 Å². The third-order valence-electron chi connectivity index (χ3n) is 0.804. The van der Waals surface area contributed by atoms with E-state index in [1.54, 1.807) is 0 Å². The number of aliphatic carboxylic acids is 1. The smallest absolute Gasteiger partial charge is 0.329 e. The van der Waals surface area contributed by atoms with Gasteiger partial charge in [-0.1, -0.05) is 0 Å². The molecule has 0 radical (unpaired) electrons. The topological polar surface area (TPSA) is 58.9 Å². The van der Waals surface area contributed by atoms with Crippen LogP contribution in [0.5, 0.6) is 0 Å². The molecule has 0 aliphatic carbocycles. The van der Waals surface area contributed by atoms with Gasteiger partial charge >= 0.3 is 5.97 Å². The number of aliphatic imine (C=N–C) groups is 1. The molecule has 0 fully saturated rings. The van der Waals surface area contributed by atoms with Crippen molar-refractivity contribution in [2.45, 2.75) is 6.04 Å². The largest absolute Gasteiger partial charge is 0.487 e. The normalized spacial score (nSPS) is 13.4. The van der Waals surface area contributed by atoms with Crippen LogP contribution in [-0.2, 0) is 9.53 Å². The van der Waals surface area contributed by atoms with E-state index in [2.05, 4.69) is 22.4 Å². The Balaban J connectivity index is 3.83. The molecule has 10 heavy (non-hydrogen) atoms. The van der Waals surface area contributed by atoms with E-state index in [1.165, 1.54) is 7.11 Å². The second kappa shape index (κ2) is 5.10. The fourth-order valence-electron chi connectivity index (χ4n) is 0.323. The summed E-state index contributed by atoms with van der Waals surface area (Å²) in [7, 11) is 1.40. The van der Waals surface area contributed by atoms with E-state index in [0.29, 0.717) is 0 Å². The number of methoxy groups -OCH3 is 1. The minimum atomic E-state index is -0.997. The van der Waals surface area contributed by atoms with Gasteiger partial charge in [0.05, 0.1) is 7.11 Å². The van der Waals surface area contributed by atoms with E-state index >= 15 is 0 Å². The van der Waals surface area contributed by atoms with E-state index in [9.17, 15) is 4.79 Å². The number of nitrogens with zero attached hydrogens (tertiary/aromatic N) is 1. The first-order valence-electron chi connectivity index (χ1n) is 2.60. The number of ether oxygens (including phenoxy) is 1. The van der Waals surface area contributed by atoms with Crippen LogP contribution in [0.4, 0.5) is 0 Å². The fraction of sp³-hybridized carbons (Fsp3) is 0.600. The SMILES string of the molecule is CO/C=N\C(CS)C(=O)O. The molecule has 1 N–H and O–H groups in total. The van der Waals surface area contributed by atoms with Crippen LogP contribution in [0.15, 0.2) is 4.99 Å². The summed E-state index contributed by atoms with van der Waals surface area (Å²) in [5, 5.41) is 8.38. The summed E-state index contributed by atoms with van der Waals surface area (Å²) < 4.78 is 4.44. The van der Waals surface area contributed by atoms with Crippen LogP contribution in [0.1, 0.15) is 0 Å². The first kappa shape index (κ1) is 9.29.